The molecule has 0 bridgehead atoms. The van der Waals surface area contributed by atoms with Crippen molar-refractivity contribution in [2.45, 2.75) is 33.4 Å². The van der Waals surface area contributed by atoms with Crippen molar-refractivity contribution in [3.63, 3.8) is 0 Å². The number of nitrogen functional groups attached to an aromatic ring is 1. The van der Waals surface area contributed by atoms with Crippen LogP contribution in [0.4, 0.5) is 5.82 Å². The number of aryl methyl sites for hydroxylation is 1. The van der Waals surface area contributed by atoms with Crippen LogP contribution in [0.2, 0.25) is 0 Å². The molecular weight excluding hydrogens is 416 g/mol. The molecule has 0 amide bonds. The lowest BCUT2D eigenvalue weighted by Crippen LogP contribution is -2.27. The summed E-state index contributed by atoms with van der Waals surface area (Å²) < 4.78 is 3.55. The SMILES string of the molecule is Cc1cccc2cc(Cn3nc(-c4cccc(O)c4)c4c(N)ncnc43)n(C(C)C)c(=O)c12. The summed E-state index contributed by atoms with van der Waals surface area (Å²) >= 11 is 0. The van der Waals surface area contributed by atoms with Crippen molar-refractivity contribution in [1.82, 2.24) is 24.3 Å². The van der Waals surface area contributed by atoms with Gasteiger partial charge in [0.05, 0.1) is 17.3 Å². The predicted octanol–water partition coefficient (Wildman–Crippen LogP) is 4.03. The minimum Gasteiger partial charge on any atom is -0.508 e. The number of fused-ring (bicyclic) bond motifs is 2. The molecular formula is C25H24N6O2. The van der Waals surface area contributed by atoms with Gasteiger partial charge in [0, 0.05) is 17.3 Å². The number of aromatic nitrogens is 5. The van der Waals surface area contributed by atoms with Crippen molar-refractivity contribution >= 4 is 27.6 Å². The van der Waals surface area contributed by atoms with E-state index in [1.807, 2.05) is 51.1 Å². The summed E-state index contributed by atoms with van der Waals surface area (Å²) in [4.78, 5) is 22.0. The van der Waals surface area contributed by atoms with Gasteiger partial charge in [0.25, 0.3) is 5.56 Å². The summed E-state index contributed by atoms with van der Waals surface area (Å²) in [5, 5.41) is 17.0. The Bertz CT molecular complexity index is 1580. The Labute approximate surface area is 190 Å². The second-order valence-corrected chi connectivity index (χ2v) is 8.46. The maximum Gasteiger partial charge on any atom is 0.259 e. The molecule has 0 aliphatic carbocycles. The van der Waals surface area contributed by atoms with Crippen molar-refractivity contribution < 1.29 is 5.11 Å². The fraction of sp³-hybridized carbons (Fsp3) is 0.200. The van der Waals surface area contributed by atoms with Gasteiger partial charge in [-0.2, -0.15) is 5.10 Å². The van der Waals surface area contributed by atoms with Gasteiger partial charge in [0.2, 0.25) is 0 Å². The zero-order chi connectivity index (χ0) is 23.3. The average Bonchev–Trinajstić information content (AvgIpc) is 3.13. The van der Waals surface area contributed by atoms with E-state index in [9.17, 15) is 9.90 Å². The van der Waals surface area contributed by atoms with Crippen LogP contribution < -0.4 is 11.3 Å². The van der Waals surface area contributed by atoms with Gasteiger partial charge in [-0.3, -0.25) is 4.79 Å². The van der Waals surface area contributed by atoms with E-state index < -0.39 is 0 Å². The number of nitrogens with zero attached hydrogens (tertiary/aromatic N) is 5. The monoisotopic (exact) mass is 440 g/mol. The van der Waals surface area contributed by atoms with Gasteiger partial charge in [-0.05, 0) is 49.9 Å². The molecule has 8 nitrogen and oxygen atoms in total. The van der Waals surface area contributed by atoms with E-state index in [2.05, 4.69) is 9.97 Å². The fourth-order valence-electron chi connectivity index (χ4n) is 4.44. The molecule has 0 radical (unpaired) electrons. The highest BCUT2D eigenvalue weighted by atomic mass is 16.3. The fourth-order valence-corrected chi connectivity index (χ4v) is 4.44. The summed E-state index contributed by atoms with van der Waals surface area (Å²) in [5.41, 5.74) is 9.81. The number of anilines is 1. The first-order valence-corrected chi connectivity index (χ1v) is 10.7. The molecule has 0 fully saturated rings. The molecule has 0 saturated heterocycles. The van der Waals surface area contributed by atoms with Gasteiger partial charge in [-0.1, -0.05) is 30.3 Å². The van der Waals surface area contributed by atoms with E-state index >= 15 is 0 Å². The lowest BCUT2D eigenvalue weighted by molar-refractivity contribution is 0.475. The first-order valence-electron chi connectivity index (χ1n) is 10.7. The molecule has 3 aromatic heterocycles. The Morgan fingerprint density at radius 1 is 1.06 bits per heavy atom. The van der Waals surface area contributed by atoms with E-state index in [0.29, 0.717) is 34.7 Å². The third kappa shape index (κ3) is 3.40. The Balaban J connectivity index is 1.75. The highest BCUT2D eigenvalue weighted by Crippen LogP contribution is 2.32. The molecule has 0 spiro atoms. The summed E-state index contributed by atoms with van der Waals surface area (Å²) in [6.07, 6.45) is 1.40. The molecule has 5 rings (SSSR count). The van der Waals surface area contributed by atoms with Gasteiger partial charge < -0.3 is 15.4 Å². The predicted molar refractivity (Wildman–Crippen MR) is 129 cm³/mol. The minimum atomic E-state index is -0.0384. The van der Waals surface area contributed by atoms with Crippen molar-refractivity contribution in [2.24, 2.45) is 0 Å². The molecule has 33 heavy (non-hydrogen) atoms. The molecule has 166 valence electrons. The summed E-state index contributed by atoms with van der Waals surface area (Å²) in [6.45, 7) is 6.27. The zero-order valence-electron chi connectivity index (χ0n) is 18.6. The maximum absolute atomic E-state index is 13.4. The zero-order valence-corrected chi connectivity index (χ0v) is 18.6. The van der Waals surface area contributed by atoms with Crippen molar-refractivity contribution in [3.05, 3.63) is 76.5 Å². The number of benzene rings is 2. The molecule has 8 heteroatoms. The normalized spacial score (nSPS) is 11.6. The number of nitrogens with two attached hydrogens (primary N) is 1. The molecule has 3 heterocycles. The quantitative estimate of drug-likeness (QED) is 0.436. The number of hydrogen-bond acceptors (Lipinski definition) is 6. The number of pyridine rings is 1. The first kappa shape index (κ1) is 20.7. The van der Waals surface area contributed by atoms with Crippen LogP contribution in [0.5, 0.6) is 5.75 Å². The number of phenolic OH excluding ortho intramolecular Hbond substituents is 1. The van der Waals surface area contributed by atoms with Crippen LogP contribution >= 0.6 is 0 Å². The van der Waals surface area contributed by atoms with E-state index in [4.69, 9.17) is 10.8 Å². The third-order valence-electron chi connectivity index (χ3n) is 5.88. The van der Waals surface area contributed by atoms with Crippen LogP contribution in [0, 0.1) is 6.92 Å². The Morgan fingerprint density at radius 2 is 1.85 bits per heavy atom. The Hall–Kier alpha value is -4.20. The number of aromatic hydroxyl groups is 1. The molecule has 0 saturated carbocycles. The van der Waals surface area contributed by atoms with Gasteiger partial charge in [0.1, 0.15) is 23.6 Å². The van der Waals surface area contributed by atoms with Gasteiger partial charge in [-0.15, -0.1) is 0 Å². The van der Waals surface area contributed by atoms with Gasteiger partial charge >= 0.3 is 0 Å². The number of hydrogen-bond donors (Lipinski definition) is 2. The van der Waals surface area contributed by atoms with E-state index in [-0.39, 0.29) is 17.4 Å². The number of phenols is 1. The van der Waals surface area contributed by atoms with Crippen molar-refractivity contribution in [2.75, 3.05) is 5.73 Å². The lowest BCUT2D eigenvalue weighted by Gasteiger charge is -2.18. The second kappa shape index (κ2) is 7.74. The molecule has 0 atom stereocenters. The van der Waals surface area contributed by atoms with Crippen molar-refractivity contribution in [3.8, 4) is 17.0 Å². The van der Waals surface area contributed by atoms with Gasteiger partial charge in [-0.25, -0.2) is 14.6 Å². The summed E-state index contributed by atoms with van der Waals surface area (Å²) in [5.74, 6) is 0.434. The van der Waals surface area contributed by atoms with Crippen LogP contribution in [0.1, 0.15) is 31.1 Å². The van der Waals surface area contributed by atoms with Crippen LogP contribution in [0.15, 0.2) is 59.7 Å². The Kier molecular flexibility index (Phi) is 4.85. The highest BCUT2D eigenvalue weighted by Gasteiger charge is 2.20. The summed E-state index contributed by atoms with van der Waals surface area (Å²) in [6, 6.07) is 14.7. The van der Waals surface area contributed by atoms with E-state index in [0.717, 1.165) is 22.0 Å². The maximum atomic E-state index is 13.4. The van der Waals surface area contributed by atoms with E-state index in [1.165, 1.54) is 6.33 Å². The standard InChI is InChI=1S/C25H24N6O2/c1-14(2)31-18(10-16-7-4-6-15(3)20(16)25(31)33)12-30-24-21(23(26)27-13-28-24)22(29-30)17-8-5-9-19(32)11-17/h4-11,13-14,32H,12H2,1-3H3,(H2,26,27,28). The molecule has 5 aromatic rings. The van der Waals surface area contributed by atoms with Crippen molar-refractivity contribution in [1.29, 1.82) is 0 Å². The number of rotatable bonds is 4. The molecule has 0 aliphatic rings. The molecule has 2 aromatic carbocycles. The molecule has 3 N–H and O–H groups in total. The largest absolute Gasteiger partial charge is 0.508 e. The third-order valence-corrected chi connectivity index (χ3v) is 5.88. The van der Waals surface area contributed by atoms with Crippen LogP contribution in [-0.4, -0.2) is 29.4 Å². The smallest absolute Gasteiger partial charge is 0.259 e. The second-order valence-electron chi connectivity index (χ2n) is 8.46. The highest BCUT2D eigenvalue weighted by molar-refractivity contribution is 5.98. The topological polar surface area (TPSA) is 112 Å². The summed E-state index contributed by atoms with van der Waals surface area (Å²) in [7, 11) is 0. The van der Waals surface area contributed by atoms with E-state index in [1.54, 1.807) is 27.4 Å². The Morgan fingerprint density at radius 3 is 2.61 bits per heavy atom. The van der Waals surface area contributed by atoms with Crippen LogP contribution in [0.3, 0.4) is 0 Å². The molecule has 0 aliphatic heterocycles. The van der Waals surface area contributed by atoms with Gasteiger partial charge in [0.15, 0.2) is 5.65 Å². The minimum absolute atomic E-state index is 0.0191. The van der Waals surface area contributed by atoms with Crippen LogP contribution in [0.25, 0.3) is 33.1 Å². The average molecular weight is 441 g/mol. The van der Waals surface area contributed by atoms with Crippen LogP contribution in [-0.2, 0) is 6.54 Å². The first-order chi connectivity index (χ1) is 15.8. The molecule has 0 unspecified atom stereocenters. The lowest BCUT2D eigenvalue weighted by atomic mass is 10.1.